The van der Waals surface area contributed by atoms with Crippen LogP contribution in [-0.4, -0.2) is 25.5 Å². The van der Waals surface area contributed by atoms with Crippen molar-refractivity contribution < 1.29 is 22.4 Å². The van der Waals surface area contributed by atoms with Crippen molar-refractivity contribution in [3.63, 3.8) is 0 Å². The summed E-state index contributed by atoms with van der Waals surface area (Å²) in [4.78, 5) is 12.4. The zero-order valence-electron chi connectivity index (χ0n) is 15.1. The first-order chi connectivity index (χ1) is 13.7. The molecule has 1 atom stereocenters. The summed E-state index contributed by atoms with van der Waals surface area (Å²) in [5.41, 5.74) is -0.676. The molecular weight excluding hydrogens is 414 g/mol. The summed E-state index contributed by atoms with van der Waals surface area (Å²) in [6.45, 7) is 1.69. The summed E-state index contributed by atoms with van der Waals surface area (Å²) in [5.74, 6) is -0.535. The van der Waals surface area contributed by atoms with Crippen LogP contribution in [-0.2, 0) is 11.3 Å². The lowest BCUT2D eigenvalue weighted by atomic mass is 10.2. The second kappa shape index (κ2) is 8.64. The van der Waals surface area contributed by atoms with Crippen LogP contribution in [0.3, 0.4) is 0 Å². The molecule has 0 saturated carbocycles. The summed E-state index contributed by atoms with van der Waals surface area (Å²) in [7, 11) is 0. The van der Waals surface area contributed by atoms with Gasteiger partial charge in [0.2, 0.25) is 5.91 Å². The molecule has 1 unspecified atom stereocenters. The van der Waals surface area contributed by atoms with E-state index in [2.05, 4.69) is 15.5 Å². The van der Waals surface area contributed by atoms with Crippen LogP contribution in [0.25, 0.3) is 0 Å². The number of aromatic nitrogens is 4. The first-order valence-corrected chi connectivity index (χ1v) is 8.87. The molecule has 1 aromatic carbocycles. The second-order valence-corrected chi connectivity index (χ2v) is 6.67. The van der Waals surface area contributed by atoms with Gasteiger partial charge in [-0.1, -0.05) is 23.7 Å². The predicted octanol–water partition coefficient (Wildman–Crippen LogP) is 4.86. The third-order valence-electron chi connectivity index (χ3n) is 4.10. The van der Waals surface area contributed by atoms with E-state index in [0.717, 1.165) is 5.56 Å². The van der Waals surface area contributed by atoms with Crippen LogP contribution in [0.1, 0.15) is 42.8 Å². The van der Waals surface area contributed by atoms with Crippen LogP contribution >= 0.6 is 11.6 Å². The van der Waals surface area contributed by atoms with Gasteiger partial charge in [0, 0.05) is 17.3 Å². The van der Waals surface area contributed by atoms with Gasteiger partial charge in [0.05, 0.1) is 6.54 Å². The van der Waals surface area contributed by atoms with Gasteiger partial charge in [-0.15, -0.1) is 0 Å². The third kappa shape index (κ3) is 4.94. The highest BCUT2D eigenvalue weighted by Crippen LogP contribution is 2.27. The van der Waals surface area contributed by atoms with E-state index in [0.29, 0.717) is 22.3 Å². The summed E-state index contributed by atoms with van der Waals surface area (Å²) in [6, 6.07) is 8.04. The number of amides is 1. The quantitative estimate of drug-likeness (QED) is 0.546. The van der Waals surface area contributed by atoms with Gasteiger partial charge in [0.25, 0.3) is 12.9 Å². The fourth-order valence-corrected chi connectivity index (χ4v) is 2.90. The molecule has 11 heteroatoms. The average molecular weight is 430 g/mol. The van der Waals surface area contributed by atoms with Gasteiger partial charge >= 0.3 is 0 Å². The summed E-state index contributed by atoms with van der Waals surface area (Å²) in [6.07, 6.45) is -4.46. The summed E-state index contributed by atoms with van der Waals surface area (Å²) >= 11 is 5.94. The van der Waals surface area contributed by atoms with E-state index in [9.17, 15) is 22.4 Å². The van der Waals surface area contributed by atoms with Gasteiger partial charge in [-0.3, -0.25) is 14.2 Å². The Morgan fingerprint density at radius 2 is 1.90 bits per heavy atom. The van der Waals surface area contributed by atoms with Gasteiger partial charge < -0.3 is 5.32 Å². The van der Waals surface area contributed by atoms with E-state index in [1.165, 1.54) is 13.0 Å². The predicted molar refractivity (Wildman–Crippen MR) is 98.3 cm³/mol. The number of carbonyl (C=O) groups is 1. The van der Waals surface area contributed by atoms with Gasteiger partial charge in [0.15, 0.2) is 5.82 Å². The number of nitrogens with zero attached hydrogens (tertiary/aromatic N) is 4. The first kappa shape index (κ1) is 20.8. The Hall–Kier alpha value is -2.88. The lowest BCUT2D eigenvalue weighted by Crippen LogP contribution is -2.26. The van der Waals surface area contributed by atoms with E-state index < -0.39 is 36.2 Å². The SMILES string of the molecule is CC(C(=O)Nc1ccn(Cc2cccc(Cl)c2)n1)n1nc(C(F)F)cc1C(F)F. The Kier molecular flexibility index (Phi) is 6.21. The van der Waals surface area contributed by atoms with Gasteiger partial charge in [-0.05, 0) is 30.7 Å². The minimum Gasteiger partial charge on any atom is -0.307 e. The van der Waals surface area contributed by atoms with Crippen LogP contribution in [0, 0.1) is 0 Å². The molecule has 1 amide bonds. The highest BCUT2D eigenvalue weighted by molar-refractivity contribution is 6.30. The molecule has 0 aliphatic carbocycles. The van der Waals surface area contributed by atoms with Crippen molar-refractivity contribution in [3.8, 4) is 0 Å². The molecule has 2 aromatic heterocycles. The van der Waals surface area contributed by atoms with Crippen LogP contribution in [0.2, 0.25) is 5.02 Å². The van der Waals surface area contributed by atoms with E-state index in [4.69, 9.17) is 11.6 Å². The molecule has 0 radical (unpaired) electrons. The van der Waals surface area contributed by atoms with Crippen molar-refractivity contribution in [3.05, 3.63) is 64.6 Å². The monoisotopic (exact) mass is 429 g/mol. The standard InChI is InChI=1S/C18H16ClF4N5O/c1-10(28-14(17(22)23)8-13(25-28)16(20)21)18(29)24-15-5-6-27(26-15)9-11-3-2-4-12(19)7-11/h2-8,10,16-17H,9H2,1H3,(H,24,26,29). The number of nitrogens with one attached hydrogen (secondary N) is 1. The molecule has 2 heterocycles. The van der Waals surface area contributed by atoms with Crippen molar-refractivity contribution in [1.82, 2.24) is 19.6 Å². The fourth-order valence-electron chi connectivity index (χ4n) is 2.69. The van der Waals surface area contributed by atoms with Crippen molar-refractivity contribution in [2.24, 2.45) is 0 Å². The Balaban J connectivity index is 1.71. The molecule has 3 rings (SSSR count). The minimum atomic E-state index is -3.05. The topological polar surface area (TPSA) is 64.7 Å². The van der Waals surface area contributed by atoms with Crippen molar-refractivity contribution in [1.29, 1.82) is 0 Å². The van der Waals surface area contributed by atoms with E-state index in [1.54, 1.807) is 29.1 Å². The van der Waals surface area contributed by atoms with Crippen LogP contribution in [0.4, 0.5) is 23.4 Å². The zero-order chi connectivity index (χ0) is 21.1. The highest BCUT2D eigenvalue weighted by atomic mass is 35.5. The molecule has 0 fully saturated rings. The summed E-state index contributed by atoms with van der Waals surface area (Å²) in [5, 5.41) is 10.7. The Labute approximate surface area is 168 Å². The maximum Gasteiger partial charge on any atom is 0.282 e. The molecule has 154 valence electrons. The van der Waals surface area contributed by atoms with Crippen molar-refractivity contribution in [2.75, 3.05) is 5.32 Å². The van der Waals surface area contributed by atoms with Crippen LogP contribution in [0.15, 0.2) is 42.6 Å². The Morgan fingerprint density at radius 3 is 2.55 bits per heavy atom. The third-order valence-corrected chi connectivity index (χ3v) is 4.34. The average Bonchev–Trinajstić information content (AvgIpc) is 3.28. The number of hydrogen-bond acceptors (Lipinski definition) is 3. The Morgan fingerprint density at radius 1 is 1.14 bits per heavy atom. The van der Waals surface area contributed by atoms with E-state index >= 15 is 0 Å². The largest absolute Gasteiger partial charge is 0.307 e. The number of anilines is 1. The lowest BCUT2D eigenvalue weighted by molar-refractivity contribution is -0.119. The maximum absolute atomic E-state index is 13.1. The van der Waals surface area contributed by atoms with E-state index in [-0.39, 0.29) is 5.82 Å². The molecule has 0 aliphatic heterocycles. The molecule has 0 aliphatic rings. The molecule has 1 N–H and O–H groups in total. The minimum absolute atomic E-state index is 0.184. The highest BCUT2D eigenvalue weighted by Gasteiger charge is 2.27. The summed E-state index contributed by atoms with van der Waals surface area (Å²) < 4.78 is 54.0. The number of carbonyl (C=O) groups excluding carboxylic acids is 1. The Bertz CT molecular complexity index is 1000. The van der Waals surface area contributed by atoms with Crippen molar-refractivity contribution >= 4 is 23.3 Å². The number of rotatable bonds is 7. The second-order valence-electron chi connectivity index (χ2n) is 6.23. The van der Waals surface area contributed by atoms with Gasteiger partial charge in [0.1, 0.15) is 17.4 Å². The number of benzene rings is 1. The first-order valence-electron chi connectivity index (χ1n) is 8.49. The maximum atomic E-state index is 13.1. The van der Waals surface area contributed by atoms with E-state index in [1.807, 2.05) is 6.07 Å². The molecule has 0 spiro atoms. The molecule has 29 heavy (non-hydrogen) atoms. The number of halogens is 5. The smallest absolute Gasteiger partial charge is 0.282 e. The number of alkyl halides is 4. The molecule has 0 saturated heterocycles. The fraction of sp³-hybridized carbons (Fsp3) is 0.278. The van der Waals surface area contributed by atoms with Gasteiger partial charge in [-0.25, -0.2) is 17.6 Å². The number of hydrogen-bond donors (Lipinski definition) is 1. The van der Waals surface area contributed by atoms with Crippen LogP contribution in [0.5, 0.6) is 0 Å². The zero-order valence-corrected chi connectivity index (χ0v) is 15.8. The van der Waals surface area contributed by atoms with Crippen molar-refractivity contribution in [2.45, 2.75) is 32.4 Å². The van der Waals surface area contributed by atoms with Crippen LogP contribution < -0.4 is 5.32 Å². The molecule has 3 aromatic rings. The molecule has 6 nitrogen and oxygen atoms in total. The molecular formula is C18H16ClF4N5O. The lowest BCUT2D eigenvalue weighted by Gasteiger charge is -2.14. The molecule has 0 bridgehead atoms. The normalized spacial score (nSPS) is 12.6. The van der Waals surface area contributed by atoms with Gasteiger partial charge in [-0.2, -0.15) is 10.2 Å².